The first kappa shape index (κ1) is 24.7. The molecule has 3 aromatic rings. The molecule has 0 saturated carbocycles. The number of alkyl halides is 1. The molecule has 0 radical (unpaired) electrons. The van der Waals surface area contributed by atoms with E-state index in [9.17, 15) is 19.5 Å². The molecule has 0 fully saturated rings. The number of nitro groups is 1. The fourth-order valence-electron chi connectivity index (χ4n) is 3.96. The Kier molecular flexibility index (Phi) is 7.74. The zero-order chi connectivity index (χ0) is 24.1. The number of benzene rings is 3. The number of ketones is 1. The predicted octanol–water partition coefficient (Wildman–Crippen LogP) is 6.01. The zero-order valence-corrected chi connectivity index (χ0v) is 19.2. The van der Waals surface area contributed by atoms with Crippen LogP contribution in [0.5, 0.6) is 0 Å². The topological polar surface area (TPSA) is 95.7 Å². The minimum atomic E-state index is -4.84. The van der Waals surface area contributed by atoms with E-state index < -0.39 is 36.2 Å². The molecule has 9 heteroatoms. The Bertz CT molecular complexity index is 1170. The Morgan fingerprint density at radius 1 is 1.00 bits per heavy atom. The maximum absolute atomic E-state index is 17.4. The third kappa shape index (κ3) is 4.74. The van der Waals surface area contributed by atoms with Gasteiger partial charge in [0.15, 0.2) is 0 Å². The number of fused-ring (bicyclic) bond motifs is 1. The summed E-state index contributed by atoms with van der Waals surface area (Å²) in [6, 6.07) is 19.2. The normalized spacial score (nSPS) is 14.5. The fourth-order valence-corrected chi connectivity index (χ4v) is 6.07. The number of halogens is 1. The highest BCUT2D eigenvalue weighted by atomic mass is 31.2. The van der Waals surface area contributed by atoms with Crippen LogP contribution >= 0.6 is 7.60 Å². The van der Waals surface area contributed by atoms with Gasteiger partial charge in [0.05, 0.1) is 13.2 Å². The molecule has 0 heterocycles. The Balaban J connectivity index is 2.36. The molecule has 0 N–H and O–H groups in total. The Morgan fingerprint density at radius 3 is 2.18 bits per heavy atom. The first-order chi connectivity index (χ1) is 15.8. The van der Waals surface area contributed by atoms with Crippen LogP contribution in [0.25, 0.3) is 10.8 Å². The van der Waals surface area contributed by atoms with Crippen LogP contribution in [0.2, 0.25) is 0 Å². The van der Waals surface area contributed by atoms with Crippen LogP contribution in [0.3, 0.4) is 0 Å². The van der Waals surface area contributed by atoms with Crippen molar-refractivity contribution in [3.63, 3.8) is 0 Å². The second-order valence-electron chi connectivity index (χ2n) is 7.34. The quantitative estimate of drug-likeness (QED) is 0.146. The lowest BCUT2D eigenvalue weighted by molar-refractivity contribution is -0.484. The minimum absolute atomic E-state index is 0.0896. The molecule has 2 atom stereocenters. The van der Waals surface area contributed by atoms with Crippen LogP contribution in [-0.4, -0.2) is 35.9 Å². The van der Waals surface area contributed by atoms with Crippen LogP contribution in [0, 0.1) is 10.1 Å². The lowest BCUT2D eigenvalue weighted by Crippen LogP contribution is -2.44. The van der Waals surface area contributed by atoms with Crippen LogP contribution in [0.4, 0.5) is 4.39 Å². The summed E-state index contributed by atoms with van der Waals surface area (Å²) in [5.74, 6) is -2.93. The molecule has 3 rings (SSSR count). The van der Waals surface area contributed by atoms with Gasteiger partial charge < -0.3 is 9.05 Å². The predicted molar refractivity (Wildman–Crippen MR) is 124 cm³/mol. The molecule has 0 aromatic heterocycles. The van der Waals surface area contributed by atoms with Crippen molar-refractivity contribution in [2.24, 2.45) is 0 Å². The summed E-state index contributed by atoms with van der Waals surface area (Å²) >= 11 is 0. The van der Waals surface area contributed by atoms with Crippen molar-refractivity contribution in [1.29, 1.82) is 0 Å². The average molecular weight is 473 g/mol. The SMILES string of the molecule is CCOP(=O)(OCC)[C@@](F)(C(=O)c1ccccc1)[C@H](C[N+](=O)[O-])c1cccc2ccccc12. The number of hydrogen-bond donors (Lipinski definition) is 0. The maximum atomic E-state index is 17.4. The molecule has 0 saturated heterocycles. The fraction of sp³-hybridized carbons (Fsp3) is 0.292. The van der Waals surface area contributed by atoms with Crippen molar-refractivity contribution in [2.45, 2.75) is 25.2 Å². The lowest BCUT2D eigenvalue weighted by Gasteiger charge is -2.36. The summed E-state index contributed by atoms with van der Waals surface area (Å²) in [4.78, 5) is 24.7. The van der Waals surface area contributed by atoms with Crippen molar-refractivity contribution in [3.8, 4) is 0 Å². The van der Waals surface area contributed by atoms with Gasteiger partial charge in [-0.2, -0.15) is 0 Å². The number of carbonyl (C=O) groups is 1. The molecule has 0 amide bonds. The minimum Gasteiger partial charge on any atom is -0.306 e. The second-order valence-corrected chi connectivity index (χ2v) is 9.50. The van der Waals surface area contributed by atoms with E-state index in [0.29, 0.717) is 10.8 Å². The van der Waals surface area contributed by atoms with Crippen LogP contribution in [0.15, 0.2) is 72.8 Å². The average Bonchev–Trinajstić information content (AvgIpc) is 2.82. The van der Waals surface area contributed by atoms with E-state index in [4.69, 9.17) is 9.05 Å². The van der Waals surface area contributed by atoms with Gasteiger partial charge >= 0.3 is 7.60 Å². The van der Waals surface area contributed by atoms with Gasteiger partial charge in [0.1, 0.15) is 5.92 Å². The summed E-state index contributed by atoms with van der Waals surface area (Å²) in [5.41, 5.74) is 0.0874. The van der Waals surface area contributed by atoms with Gasteiger partial charge in [0, 0.05) is 10.5 Å². The summed E-state index contributed by atoms with van der Waals surface area (Å²) in [5, 5.41) is 9.58. The zero-order valence-electron chi connectivity index (χ0n) is 18.3. The molecular weight excluding hydrogens is 448 g/mol. The molecular formula is C24H25FNO6P. The third-order valence-corrected chi connectivity index (χ3v) is 7.85. The summed E-state index contributed by atoms with van der Waals surface area (Å²) < 4.78 is 41.9. The number of nitrogens with zero attached hydrogens (tertiary/aromatic N) is 1. The Labute approximate surface area is 191 Å². The van der Waals surface area contributed by atoms with Gasteiger partial charge in [-0.25, -0.2) is 4.39 Å². The highest BCUT2D eigenvalue weighted by molar-refractivity contribution is 7.56. The maximum Gasteiger partial charge on any atom is 0.376 e. The standard InChI is InChI=1S/C24H25FNO6P/c1-3-31-33(30,32-4-2)24(25,23(27)19-12-6-5-7-13-19)22(17-26(28)29)21-16-10-14-18-11-8-9-15-20(18)21/h5-16,22H,3-4,17H2,1-2H3/t22-,24-/m1/s1. The number of hydrogen-bond acceptors (Lipinski definition) is 6. The molecule has 0 unspecified atom stereocenters. The highest BCUT2D eigenvalue weighted by Gasteiger charge is 2.65. The molecule has 7 nitrogen and oxygen atoms in total. The van der Waals surface area contributed by atoms with Crippen LogP contribution in [0.1, 0.15) is 35.7 Å². The van der Waals surface area contributed by atoms with Gasteiger partial charge in [-0.1, -0.05) is 72.8 Å². The monoisotopic (exact) mass is 473 g/mol. The molecule has 174 valence electrons. The molecule has 0 aliphatic heterocycles. The molecule has 33 heavy (non-hydrogen) atoms. The van der Waals surface area contributed by atoms with Gasteiger partial charge in [-0.15, -0.1) is 0 Å². The van der Waals surface area contributed by atoms with E-state index in [1.165, 1.54) is 44.2 Å². The molecule has 0 spiro atoms. The molecule has 0 bridgehead atoms. The van der Waals surface area contributed by atoms with Gasteiger partial charge in [-0.3, -0.25) is 19.5 Å². The van der Waals surface area contributed by atoms with Gasteiger partial charge in [0.2, 0.25) is 12.3 Å². The number of rotatable bonds is 11. The van der Waals surface area contributed by atoms with E-state index in [2.05, 4.69) is 0 Å². The van der Waals surface area contributed by atoms with Crippen LogP contribution < -0.4 is 0 Å². The van der Waals surface area contributed by atoms with E-state index >= 15 is 4.39 Å². The third-order valence-electron chi connectivity index (χ3n) is 5.34. The van der Waals surface area contributed by atoms with Crippen LogP contribution in [-0.2, 0) is 13.6 Å². The van der Waals surface area contributed by atoms with Crippen molar-refractivity contribution >= 4 is 24.2 Å². The molecule has 0 aliphatic rings. The number of Topliss-reactive ketones (excluding diaryl/α,β-unsaturated/α-hetero) is 1. The van der Waals surface area contributed by atoms with Crippen molar-refractivity contribution < 1.29 is 27.7 Å². The van der Waals surface area contributed by atoms with Crippen molar-refractivity contribution in [2.75, 3.05) is 19.8 Å². The van der Waals surface area contributed by atoms with E-state index in [-0.39, 0.29) is 24.3 Å². The highest BCUT2D eigenvalue weighted by Crippen LogP contribution is 2.67. The lowest BCUT2D eigenvalue weighted by atomic mass is 9.86. The molecule has 3 aromatic carbocycles. The first-order valence-electron chi connectivity index (χ1n) is 10.6. The largest absolute Gasteiger partial charge is 0.376 e. The van der Waals surface area contributed by atoms with Gasteiger partial charge in [0.25, 0.3) is 5.41 Å². The van der Waals surface area contributed by atoms with E-state index in [1.54, 1.807) is 42.5 Å². The first-order valence-corrected chi connectivity index (χ1v) is 12.1. The van der Waals surface area contributed by atoms with E-state index in [0.717, 1.165) is 0 Å². The number of carbonyl (C=O) groups excluding carboxylic acids is 1. The Morgan fingerprint density at radius 2 is 1.58 bits per heavy atom. The summed E-state index contributed by atoms with van der Waals surface area (Å²) in [6.45, 7) is 1.55. The van der Waals surface area contributed by atoms with Crippen molar-refractivity contribution in [3.05, 3.63) is 94.0 Å². The van der Waals surface area contributed by atoms with Gasteiger partial charge in [-0.05, 0) is 30.2 Å². The second kappa shape index (κ2) is 10.3. The van der Waals surface area contributed by atoms with Crippen molar-refractivity contribution in [1.82, 2.24) is 0 Å². The Hall–Kier alpha value is -2.93. The van der Waals surface area contributed by atoms with E-state index in [1.807, 2.05) is 0 Å². The smallest absolute Gasteiger partial charge is 0.306 e. The summed E-state index contributed by atoms with van der Waals surface area (Å²) in [6.07, 6.45) is 0. The summed E-state index contributed by atoms with van der Waals surface area (Å²) in [7, 11) is -4.84. The molecule has 0 aliphatic carbocycles.